The van der Waals surface area contributed by atoms with E-state index in [1.54, 1.807) is 49.4 Å². The van der Waals surface area contributed by atoms with Gasteiger partial charge in [-0.3, -0.25) is 14.4 Å². The van der Waals surface area contributed by atoms with Crippen molar-refractivity contribution in [2.24, 2.45) is 0 Å². The summed E-state index contributed by atoms with van der Waals surface area (Å²) in [7, 11) is 0. The number of hydrogen-bond donors (Lipinski definition) is 2. The number of carboxylic acid groups (broad SMARTS) is 1. The number of carbonyl (C=O) groups excluding carboxylic acids is 2. The third-order valence-electron chi connectivity index (χ3n) is 3.74. The molecule has 2 rings (SSSR count). The third-order valence-corrected chi connectivity index (χ3v) is 3.74. The summed E-state index contributed by atoms with van der Waals surface area (Å²) >= 11 is 0. The van der Waals surface area contributed by atoms with E-state index in [0.717, 1.165) is 5.56 Å². The molecule has 0 aliphatic carbocycles. The molecule has 0 aliphatic rings. The van der Waals surface area contributed by atoms with Crippen molar-refractivity contribution in [2.45, 2.75) is 32.8 Å². The van der Waals surface area contributed by atoms with Crippen LogP contribution in [0, 0.1) is 0 Å². The van der Waals surface area contributed by atoms with Gasteiger partial charge in [-0.05, 0) is 50.1 Å². The molecule has 0 spiro atoms. The van der Waals surface area contributed by atoms with Crippen LogP contribution in [0.3, 0.4) is 0 Å². The highest BCUT2D eigenvalue weighted by atomic mass is 16.5. The number of hydrogen-bond acceptors (Lipinski definition) is 4. The first-order valence-corrected chi connectivity index (χ1v) is 8.24. The van der Waals surface area contributed by atoms with E-state index in [0.29, 0.717) is 23.4 Å². The highest BCUT2D eigenvalue weighted by Crippen LogP contribution is 2.17. The van der Waals surface area contributed by atoms with E-state index >= 15 is 0 Å². The average molecular weight is 355 g/mol. The topological polar surface area (TPSA) is 92.7 Å². The molecule has 0 aromatic heterocycles. The SMILES string of the molecule is CC(=O)c1cccc(OC(C)C(=O)Nc2cccc(CCC(=O)O)c2)c1. The number of anilines is 1. The molecule has 136 valence electrons. The van der Waals surface area contributed by atoms with Crippen LogP contribution in [0.1, 0.15) is 36.2 Å². The molecule has 1 amide bonds. The zero-order valence-corrected chi connectivity index (χ0v) is 14.7. The maximum atomic E-state index is 12.3. The number of nitrogens with one attached hydrogen (secondary N) is 1. The quantitative estimate of drug-likeness (QED) is 0.709. The minimum atomic E-state index is -0.866. The van der Waals surface area contributed by atoms with E-state index in [1.807, 2.05) is 6.07 Å². The number of benzene rings is 2. The zero-order valence-electron chi connectivity index (χ0n) is 14.7. The fraction of sp³-hybridized carbons (Fsp3) is 0.250. The van der Waals surface area contributed by atoms with Crippen molar-refractivity contribution < 1.29 is 24.2 Å². The van der Waals surface area contributed by atoms with Crippen molar-refractivity contribution in [1.29, 1.82) is 0 Å². The Kier molecular flexibility index (Phi) is 6.49. The lowest BCUT2D eigenvalue weighted by molar-refractivity contribution is -0.137. The second-order valence-electron chi connectivity index (χ2n) is 5.93. The lowest BCUT2D eigenvalue weighted by atomic mass is 10.1. The van der Waals surface area contributed by atoms with Gasteiger partial charge in [-0.1, -0.05) is 24.3 Å². The Bertz CT molecular complexity index is 815. The van der Waals surface area contributed by atoms with Crippen LogP contribution < -0.4 is 10.1 Å². The van der Waals surface area contributed by atoms with Crippen molar-refractivity contribution in [3.63, 3.8) is 0 Å². The molecule has 6 heteroatoms. The maximum Gasteiger partial charge on any atom is 0.303 e. The largest absolute Gasteiger partial charge is 0.481 e. The number of ether oxygens (including phenoxy) is 1. The smallest absolute Gasteiger partial charge is 0.303 e. The summed E-state index contributed by atoms with van der Waals surface area (Å²) in [5.41, 5.74) is 1.92. The summed E-state index contributed by atoms with van der Waals surface area (Å²) in [5, 5.41) is 11.5. The van der Waals surface area contributed by atoms with E-state index in [4.69, 9.17) is 9.84 Å². The molecule has 2 N–H and O–H groups in total. The number of rotatable bonds is 8. The van der Waals surface area contributed by atoms with Crippen LogP contribution in [-0.4, -0.2) is 28.9 Å². The van der Waals surface area contributed by atoms with Crippen molar-refractivity contribution in [2.75, 3.05) is 5.32 Å². The molecular weight excluding hydrogens is 334 g/mol. The molecule has 2 aromatic carbocycles. The van der Waals surface area contributed by atoms with E-state index < -0.39 is 12.1 Å². The van der Waals surface area contributed by atoms with Crippen LogP contribution in [0.15, 0.2) is 48.5 Å². The van der Waals surface area contributed by atoms with Gasteiger partial charge < -0.3 is 15.2 Å². The molecule has 0 heterocycles. The Hall–Kier alpha value is -3.15. The van der Waals surface area contributed by atoms with Gasteiger partial charge in [0, 0.05) is 17.7 Å². The number of aryl methyl sites for hydroxylation is 1. The van der Waals surface area contributed by atoms with Crippen LogP contribution in [-0.2, 0) is 16.0 Å². The Labute approximate surface area is 151 Å². The van der Waals surface area contributed by atoms with Crippen LogP contribution in [0.5, 0.6) is 5.75 Å². The molecule has 6 nitrogen and oxygen atoms in total. The van der Waals surface area contributed by atoms with Crippen LogP contribution in [0.2, 0.25) is 0 Å². The number of ketones is 1. The zero-order chi connectivity index (χ0) is 19.1. The van der Waals surface area contributed by atoms with Gasteiger partial charge in [0.15, 0.2) is 11.9 Å². The predicted molar refractivity (Wildman–Crippen MR) is 97.6 cm³/mol. The molecule has 1 unspecified atom stereocenters. The summed E-state index contributed by atoms with van der Waals surface area (Å²) in [6.07, 6.45) is -0.341. The van der Waals surface area contributed by atoms with Gasteiger partial charge in [-0.15, -0.1) is 0 Å². The predicted octanol–water partition coefficient (Wildman–Crippen LogP) is 3.31. The van der Waals surface area contributed by atoms with E-state index in [-0.39, 0.29) is 18.1 Å². The molecule has 0 radical (unpaired) electrons. The molecule has 0 fully saturated rings. The third kappa shape index (κ3) is 5.73. The number of Topliss-reactive ketones (excluding diaryl/α,β-unsaturated/α-hetero) is 1. The van der Waals surface area contributed by atoms with Gasteiger partial charge >= 0.3 is 5.97 Å². The molecule has 1 atom stereocenters. The first-order chi connectivity index (χ1) is 12.3. The fourth-order valence-electron chi connectivity index (χ4n) is 2.35. The first-order valence-electron chi connectivity index (χ1n) is 8.24. The minimum Gasteiger partial charge on any atom is -0.481 e. The summed E-state index contributed by atoms with van der Waals surface area (Å²) < 4.78 is 5.61. The van der Waals surface area contributed by atoms with E-state index in [2.05, 4.69) is 5.32 Å². The van der Waals surface area contributed by atoms with Crippen molar-refractivity contribution in [3.8, 4) is 5.75 Å². The highest BCUT2D eigenvalue weighted by molar-refractivity contribution is 5.95. The Morgan fingerprint density at radius 2 is 1.85 bits per heavy atom. The van der Waals surface area contributed by atoms with E-state index in [9.17, 15) is 14.4 Å². The molecule has 0 saturated carbocycles. The lowest BCUT2D eigenvalue weighted by Crippen LogP contribution is -2.30. The van der Waals surface area contributed by atoms with Crippen LogP contribution >= 0.6 is 0 Å². The molecule has 2 aromatic rings. The minimum absolute atomic E-state index is 0.0312. The molecule has 0 aliphatic heterocycles. The highest BCUT2D eigenvalue weighted by Gasteiger charge is 2.15. The molecule has 0 bridgehead atoms. The first kappa shape index (κ1) is 19.2. The van der Waals surface area contributed by atoms with Gasteiger partial charge in [0.2, 0.25) is 0 Å². The number of amides is 1. The summed E-state index contributed by atoms with van der Waals surface area (Å²) in [6, 6.07) is 13.7. The summed E-state index contributed by atoms with van der Waals surface area (Å²) in [5.74, 6) is -0.843. The fourth-order valence-corrected chi connectivity index (χ4v) is 2.35. The van der Waals surface area contributed by atoms with Crippen molar-refractivity contribution in [1.82, 2.24) is 0 Å². The van der Waals surface area contributed by atoms with E-state index in [1.165, 1.54) is 6.92 Å². The lowest BCUT2D eigenvalue weighted by Gasteiger charge is -2.15. The molecular formula is C20H21NO5. The molecule has 0 saturated heterocycles. The van der Waals surface area contributed by atoms with Gasteiger partial charge in [0.05, 0.1) is 0 Å². The molecule has 26 heavy (non-hydrogen) atoms. The van der Waals surface area contributed by atoms with Gasteiger partial charge in [-0.2, -0.15) is 0 Å². The van der Waals surface area contributed by atoms with Gasteiger partial charge in [0.25, 0.3) is 5.91 Å². The van der Waals surface area contributed by atoms with Gasteiger partial charge in [0.1, 0.15) is 5.75 Å². The Balaban J connectivity index is 1.98. The summed E-state index contributed by atoms with van der Waals surface area (Å²) in [6.45, 7) is 3.08. The normalized spacial score (nSPS) is 11.5. The van der Waals surface area contributed by atoms with Crippen LogP contribution in [0.25, 0.3) is 0 Å². The standard InChI is InChI=1S/C20H21NO5/c1-13(22)16-6-4-8-18(12-16)26-14(2)20(25)21-17-7-3-5-15(11-17)9-10-19(23)24/h3-8,11-12,14H,9-10H2,1-2H3,(H,21,25)(H,23,24). The number of aliphatic carboxylic acids is 1. The maximum absolute atomic E-state index is 12.3. The second-order valence-corrected chi connectivity index (χ2v) is 5.93. The number of carboxylic acids is 1. The van der Waals surface area contributed by atoms with Crippen molar-refractivity contribution in [3.05, 3.63) is 59.7 Å². The Morgan fingerprint density at radius 1 is 1.12 bits per heavy atom. The van der Waals surface area contributed by atoms with Crippen LogP contribution in [0.4, 0.5) is 5.69 Å². The second kappa shape index (κ2) is 8.80. The summed E-state index contributed by atoms with van der Waals surface area (Å²) in [4.78, 5) is 34.4. The average Bonchev–Trinajstić information content (AvgIpc) is 2.60. The van der Waals surface area contributed by atoms with Gasteiger partial charge in [-0.25, -0.2) is 0 Å². The Morgan fingerprint density at radius 3 is 2.54 bits per heavy atom. The van der Waals surface area contributed by atoms with Crippen molar-refractivity contribution >= 4 is 23.3 Å². The monoisotopic (exact) mass is 355 g/mol. The number of carbonyl (C=O) groups is 3.